The molecular weight excluding hydrogens is 487 g/mol. The zero-order chi connectivity index (χ0) is 25.3. The lowest BCUT2D eigenvalue weighted by Crippen LogP contribution is -2.16. The van der Waals surface area contributed by atoms with Crippen molar-refractivity contribution in [2.24, 2.45) is 0 Å². The summed E-state index contributed by atoms with van der Waals surface area (Å²) >= 11 is 12.2. The van der Waals surface area contributed by atoms with Crippen molar-refractivity contribution in [1.82, 2.24) is 14.9 Å². The number of amides is 1. The van der Waals surface area contributed by atoms with E-state index in [1.807, 2.05) is 56.6 Å². The van der Waals surface area contributed by atoms with Crippen LogP contribution >= 0.6 is 23.2 Å². The van der Waals surface area contributed by atoms with E-state index >= 15 is 0 Å². The summed E-state index contributed by atoms with van der Waals surface area (Å²) < 4.78 is 13.1. The molecule has 0 aliphatic rings. The molecule has 2 heterocycles. The van der Waals surface area contributed by atoms with Gasteiger partial charge in [0.1, 0.15) is 18.1 Å². The quantitative estimate of drug-likeness (QED) is 0.301. The number of nitrogens with one attached hydrogen (secondary N) is 1. The summed E-state index contributed by atoms with van der Waals surface area (Å²) in [6.07, 6.45) is 0. The Hall–Kier alpha value is -3.29. The Morgan fingerprint density at radius 2 is 1.80 bits per heavy atom. The van der Waals surface area contributed by atoms with Gasteiger partial charge in [0.05, 0.1) is 39.2 Å². The predicted molar refractivity (Wildman–Crippen MR) is 137 cm³/mol. The average Bonchev–Trinajstić information content (AvgIpc) is 3.31. The second-order valence-corrected chi connectivity index (χ2v) is 9.32. The molecule has 4 aromatic rings. The Morgan fingerprint density at radius 3 is 2.51 bits per heavy atom. The van der Waals surface area contributed by atoms with Crippen molar-refractivity contribution in [2.45, 2.75) is 47.8 Å². The third-order valence-corrected chi connectivity index (χ3v) is 6.74. The van der Waals surface area contributed by atoms with Gasteiger partial charge in [-0.1, -0.05) is 40.5 Å². The van der Waals surface area contributed by atoms with Crippen molar-refractivity contribution in [3.8, 4) is 5.75 Å². The van der Waals surface area contributed by atoms with Crippen molar-refractivity contribution < 1.29 is 14.1 Å². The molecule has 0 saturated heterocycles. The Kier molecular flexibility index (Phi) is 7.19. The molecule has 0 aliphatic heterocycles. The Bertz CT molecular complexity index is 1410. The van der Waals surface area contributed by atoms with E-state index in [2.05, 4.69) is 15.6 Å². The first-order chi connectivity index (χ1) is 16.6. The van der Waals surface area contributed by atoms with Gasteiger partial charge in [-0.05, 0) is 75.6 Å². The number of nitrogens with zero attached hydrogens (tertiary/aromatic N) is 3. The summed E-state index contributed by atoms with van der Waals surface area (Å²) in [6, 6.07) is 11.3. The van der Waals surface area contributed by atoms with Crippen LogP contribution in [0.15, 0.2) is 40.9 Å². The van der Waals surface area contributed by atoms with Crippen LogP contribution in [-0.4, -0.2) is 20.8 Å². The first kappa shape index (κ1) is 24.8. The number of hydrogen-bond donors (Lipinski definition) is 1. The maximum Gasteiger partial charge on any atom is 0.278 e. The van der Waals surface area contributed by atoms with Crippen LogP contribution in [0, 0.1) is 34.6 Å². The number of halogens is 2. The second kappa shape index (κ2) is 10.1. The zero-order valence-corrected chi connectivity index (χ0v) is 21.7. The van der Waals surface area contributed by atoms with Gasteiger partial charge in [0.25, 0.3) is 5.91 Å². The maximum atomic E-state index is 13.2. The Balaban J connectivity index is 1.51. The van der Waals surface area contributed by atoms with Gasteiger partial charge in [-0.2, -0.15) is 5.10 Å². The highest BCUT2D eigenvalue weighted by Gasteiger charge is 2.23. The van der Waals surface area contributed by atoms with Crippen LogP contribution in [0.3, 0.4) is 0 Å². The molecule has 4 rings (SSSR count). The van der Waals surface area contributed by atoms with Gasteiger partial charge in [-0.25, -0.2) is 0 Å². The molecule has 1 N–H and O–H groups in total. The van der Waals surface area contributed by atoms with E-state index in [0.29, 0.717) is 39.3 Å². The second-order valence-electron chi connectivity index (χ2n) is 8.51. The third kappa shape index (κ3) is 5.36. The maximum absolute atomic E-state index is 13.2. The number of aryl methyl sites for hydroxylation is 4. The lowest BCUT2D eigenvalue weighted by atomic mass is 10.1. The normalized spacial score (nSPS) is 11.1. The number of rotatable bonds is 7. The van der Waals surface area contributed by atoms with Crippen LogP contribution in [0.4, 0.5) is 5.69 Å². The molecule has 0 bridgehead atoms. The molecule has 9 heteroatoms. The number of benzene rings is 2. The summed E-state index contributed by atoms with van der Waals surface area (Å²) in [7, 11) is 0. The van der Waals surface area contributed by atoms with Gasteiger partial charge in [-0.3, -0.25) is 9.48 Å². The van der Waals surface area contributed by atoms with E-state index in [-0.39, 0.29) is 18.2 Å². The zero-order valence-electron chi connectivity index (χ0n) is 20.2. The highest BCUT2D eigenvalue weighted by molar-refractivity contribution is 6.42. The van der Waals surface area contributed by atoms with E-state index in [9.17, 15) is 4.79 Å². The van der Waals surface area contributed by atoms with Gasteiger partial charge in [0.2, 0.25) is 0 Å². The molecule has 0 saturated carbocycles. The topological polar surface area (TPSA) is 82.2 Å². The SMILES string of the molecule is Cc1ccc(OCc2c(C(=O)Nc3c(C)nn(Cc4ccc(Cl)c(Cl)c4)c3C)noc2C)cc1C. The van der Waals surface area contributed by atoms with Crippen LogP contribution in [0.2, 0.25) is 10.0 Å². The minimum atomic E-state index is -0.388. The molecule has 0 unspecified atom stereocenters. The number of carbonyl (C=O) groups excluding carboxylic acids is 1. The standard InChI is InChI=1S/C26H26Cl2N4O3/c1-14-6-8-20(10-15(14)2)34-13-21-18(5)35-31-25(21)26(33)29-24-16(3)30-32(17(24)4)12-19-7-9-22(27)23(28)11-19/h6-11H,12-13H2,1-5H3,(H,29,33). The Morgan fingerprint density at radius 1 is 1.03 bits per heavy atom. The molecule has 0 spiro atoms. The van der Waals surface area contributed by atoms with Gasteiger partial charge in [-0.15, -0.1) is 0 Å². The van der Waals surface area contributed by atoms with Crippen LogP contribution in [0.1, 0.15) is 49.9 Å². The van der Waals surface area contributed by atoms with Crippen LogP contribution < -0.4 is 10.1 Å². The fraction of sp³-hybridized carbons (Fsp3) is 0.269. The minimum Gasteiger partial charge on any atom is -0.489 e. The molecule has 2 aromatic carbocycles. The van der Waals surface area contributed by atoms with Gasteiger partial charge < -0.3 is 14.6 Å². The van der Waals surface area contributed by atoms with E-state index < -0.39 is 0 Å². The number of aromatic nitrogens is 3. The van der Waals surface area contributed by atoms with Crippen molar-refractivity contribution in [1.29, 1.82) is 0 Å². The molecular formula is C26H26Cl2N4O3. The molecule has 7 nitrogen and oxygen atoms in total. The molecule has 35 heavy (non-hydrogen) atoms. The van der Waals surface area contributed by atoms with Crippen molar-refractivity contribution in [3.05, 3.63) is 91.5 Å². The fourth-order valence-corrected chi connectivity index (χ4v) is 4.03. The molecule has 2 aromatic heterocycles. The summed E-state index contributed by atoms with van der Waals surface area (Å²) in [6.45, 7) is 10.2. The number of anilines is 1. The Labute approximate surface area is 214 Å². The van der Waals surface area contributed by atoms with Gasteiger partial charge >= 0.3 is 0 Å². The number of carbonyl (C=O) groups is 1. The van der Waals surface area contributed by atoms with E-state index in [0.717, 1.165) is 22.6 Å². The van der Waals surface area contributed by atoms with Crippen LogP contribution in [-0.2, 0) is 13.2 Å². The first-order valence-corrected chi connectivity index (χ1v) is 11.8. The summed E-state index contributed by atoms with van der Waals surface area (Å²) in [5, 5.41) is 12.5. The predicted octanol–water partition coefficient (Wildman–Crippen LogP) is 6.60. The largest absolute Gasteiger partial charge is 0.489 e. The highest BCUT2D eigenvalue weighted by Crippen LogP contribution is 2.26. The molecule has 0 radical (unpaired) electrons. The fourth-order valence-electron chi connectivity index (χ4n) is 3.71. The molecule has 1 amide bonds. The molecule has 0 fully saturated rings. The highest BCUT2D eigenvalue weighted by atomic mass is 35.5. The van der Waals surface area contributed by atoms with Crippen molar-refractivity contribution in [3.63, 3.8) is 0 Å². The average molecular weight is 513 g/mol. The summed E-state index contributed by atoms with van der Waals surface area (Å²) in [4.78, 5) is 13.2. The first-order valence-electron chi connectivity index (χ1n) is 11.1. The lowest BCUT2D eigenvalue weighted by Gasteiger charge is -2.10. The van der Waals surface area contributed by atoms with Gasteiger partial charge in [0.15, 0.2) is 5.69 Å². The third-order valence-electron chi connectivity index (χ3n) is 6.00. The minimum absolute atomic E-state index is 0.162. The molecule has 182 valence electrons. The lowest BCUT2D eigenvalue weighted by molar-refractivity contribution is 0.101. The van der Waals surface area contributed by atoms with Crippen LogP contribution in [0.5, 0.6) is 5.75 Å². The molecule has 0 atom stereocenters. The monoisotopic (exact) mass is 512 g/mol. The number of hydrogen-bond acceptors (Lipinski definition) is 5. The van der Waals surface area contributed by atoms with Crippen molar-refractivity contribution >= 4 is 34.8 Å². The smallest absolute Gasteiger partial charge is 0.278 e. The van der Waals surface area contributed by atoms with Gasteiger partial charge in [0, 0.05) is 0 Å². The molecule has 0 aliphatic carbocycles. The van der Waals surface area contributed by atoms with E-state index in [1.165, 1.54) is 5.56 Å². The summed E-state index contributed by atoms with van der Waals surface area (Å²) in [5.41, 5.74) is 6.15. The summed E-state index contributed by atoms with van der Waals surface area (Å²) in [5.74, 6) is 0.860. The van der Waals surface area contributed by atoms with Crippen molar-refractivity contribution in [2.75, 3.05) is 5.32 Å². The van der Waals surface area contributed by atoms with Crippen LogP contribution in [0.25, 0.3) is 0 Å². The van der Waals surface area contributed by atoms with E-state index in [1.54, 1.807) is 19.1 Å². The number of ether oxygens (including phenoxy) is 1. The van der Waals surface area contributed by atoms with E-state index in [4.69, 9.17) is 32.5 Å².